The van der Waals surface area contributed by atoms with Gasteiger partial charge in [0.1, 0.15) is 17.2 Å². The minimum atomic E-state index is -4.59. The Balaban J connectivity index is 2.37. The maximum Gasteiger partial charge on any atom is 0.402 e. The lowest BCUT2D eigenvalue weighted by molar-refractivity contribution is -0.137. The highest BCUT2D eigenvalue weighted by Gasteiger charge is 2.45. The lowest BCUT2D eigenvalue weighted by Crippen LogP contribution is -2.40. The lowest BCUT2D eigenvalue weighted by Gasteiger charge is -2.22. The number of halogens is 4. The second kappa shape index (κ2) is 5.32. The molecule has 0 bridgehead atoms. The van der Waals surface area contributed by atoms with Crippen molar-refractivity contribution >= 4 is 26.0 Å². The smallest absolute Gasteiger partial charge is 0.402 e. The largest absolute Gasteiger partial charge is 0.452 e. The summed E-state index contributed by atoms with van der Waals surface area (Å²) in [6.07, 6.45) is -3.74. The zero-order chi connectivity index (χ0) is 15.1. The molecule has 0 aliphatic heterocycles. The van der Waals surface area contributed by atoms with Crippen molar-refractivity contribution in [1.29, 1.82) is 0 Å². The van der Waals surface area contributed by atoms with Crippen LogP contribution in [0.1, 0.15) is 18.6 Å². The molecule has 1 aliphatic carbocycles. The lowest BCUT2D eigenvalue weighted by atomic mass is 10.5. The summed E-state index contributed by atoms with van der Waals surface area (Å²) in [4.78, 5) is -0.325. The van der Waals surface area contributed by atoms with Gasteiger partial charge in [0.2, 0.25) is 10.0 Å². The third kappa shape index (κ3) is 3.35. The number of hydrogen-bond donors (Lipinski definition) is 1. The number of furan rings is 1. The van der Waals surface area contributed by atoms with Gasteiger partial charge in [-0.15, -0.1) is 0 Å². The average molecular weight is 377 g/mol. The van der Waals surface area contributed by atoms with Crippen LogP contribution in [-0.4, -0.2) is 31.5 Å². The summed E-state index contributed by atoms with van der Waals surface area (Å²) in [5.41, 5.74) is 5.32. The molecule has 5 nitrogen and oxygen atoms in total. The highest BCUT2D eigenvalue weighted by molar-refractivity contribution is 9.10. The first-order valence-corrected chi connectivity index (χ1v) is 7.95. The Bertz CT molecular complexity index is 595. The topological polar surface area (TPSA) is 76.5 Å². The summed E-state index contributed by atoms with van der Waals surface area (Å²) in [5.74, 6) is 0.179. The normalized spacial score (nSPS) is 16.9. The zero-order valence-electron chi connectivity index (χ0n) is 10.2. The maximum absolute atomic E-state index is 12.6. The van der Waals surface area contributed by atoms with Crippen molar-refractivity contribution in [3.8, 4) is 0 Å². The molecule has 1 aliphatic rings. The van der Waals surface area contributed by atoms with E-state index in [1.54, 1.807) is 0 Å². The standard InChI is InChI=1S/C10H12BrF3N2O3S/c11-9-8(3-7(4-15)19-9)20(17,18)16(6-1-2-6)5-10(12,13)14/h3,6H,1-2,4-5,15H2. The molecule has 114 valence electrons. The average Bonchev–Trinajstić information content (AvgIpc) is 3.07. The van der Waals surface area contributed by atoms with E-state index in [1.807, 2.05) is 0 Å². The molecule has 20 heavy (non-hydrogen) atoms. The van der Waals surface area contributed by atoms with Gasteiger partial charge in [-0.25, -0.2) is 8.42 Å². The first-order valence-electron chi connectivity index (χ1n) is 5.72. The van der Waals surface area contributed by atoms with E-state index in [4.69, 9.17) is 10.2 Å². The fraction of sp³-hybridized carbons (Fsp3) is 0.600. The van der Waals surface area contributed by atoms with Crippen LogP contribution in [0.15, 0.2) is 20.0 Å². The third-order valence-corrected chi connectivity index (χ3v) is 5.54. The van der Waals surface area contributed by atoms with E-state index in [0.29, 0.717) is 17.1 Å². The molecule has 1 heterocycles. The predicted octanol–water partition coefficient (Wildman–Crippen LogP) is 2.22. The monoisotopic (exact) mass is 376 g/mol. The van der Waals surface area contributed by atoms with Crippen molar-refractivity contribution < 1.29 is 26.0 Å². The van der Waals surface area contributed by atoms with E-state index < -0.39 is 28.8 Å². The van der Waals surface area contributed by atoms with Gasteiger partial charge in [-0.2, -0.15) is 17.5 Å². The molecule has 0 radical (unpaired) electrons. The van der Waals surface area contributed by atoms with Crippen LogP contribution in [0.4, 0.5) is 13.2 Å². The van der Waals surface area contributed by atoms with E-state index in [9.17, 15) is 21.6 Å². The van der Waals surface area contributed by atoms with Gasteiger partial charge in [-0.05, 0) is 28.8 Å². The summed E-state index contributed by atoms with van der Waals surface area (Å²) in [5, 5.41) is 0. The Labute approximate surface area is 122 Å². The molecule has 0 aromatic carbocycles. The molecule has 1 aromatic heterocycles. The molecule has 1 aromatic rings. The van der Waals surface area contributed by atoms with Crippen LogP contribution in [0.2, 0.25) is 0 Å². The molecule has 2 rings (SSSR count). The molecule has 0 amide bonds. The van der Waals surface area contributed by atoms with E-state index in [0.717, 1.165) is 6.07 Å². The maximum atomic E-state index is 12.6. The Morgan fingerprint density at radius 3 is 2.45 bits per heavy atom. The minimum Gasteiger partial charge on any atom is -0.452 e. The van der Waals surface area contributed by atoms with E-state index in [1.165, 1.54) is 0 Å². The second-order valence-corrected chi connectivity index (χ2v) is 7.03. The molecule has 2 N–H and O–H groups in total. The summed E-state index contributed by atoms with van der Waals surface area (Å²) in [7, 11) is -4.27. The number of sulfonamides is 1. The number of nitrogens with two attached hydrogens (primary N) is 1. The second-order valence-electron chi connectivity index (χ2n) is 4.45. The first-order chi connectivity index (χ1) is 9.15. The predicted molar refractivity (Wildman–Crippen MR) is 67.3 cm³/mol. The van der Waals surface area contributed by atoms with Gasteiger partial charge in [0.25, 0.3) is 0 Å². The first kappa shape index (κ1) is 15.8. The molecule has 0 spiro atoms. The van der Waals surface area contributed by atoms with Crippen molar-refractivity contribution in [3.05, 3.63) is 16.5 Å². The van der Waals surface area contributed by atoms with Crippen LogP contribution in [0, 0.1) is 0 Å². The Kier molecular flexibility index (Phi) is 4.20. The molecule has 10 heteroatoms. The molecule has 1 fully saturated rings. The van der Waals surface area contributed by atoms with Crippen LogP contribution in [0.3, 0.4) is 0 Å². The fourth-order valence-corrected chi connectivity index (χ4v) is 4.38. The van der Waals surface area contributed by atoms with Crippen LogP contribution >= 0.6 is 15.9 Å². The molecule has 0 atom stereocenters. The molecule has 1 saturated carbocycles. The van der Waals surface area contributed by atoms with Gasteiger partial charge in [0.15, 0.2) is 4.67 Å². The molecular weight excluding hydrogens is 365 g/mol. The molecular formula is C10H12BrF3N2O3S. The summed E-state index contributed by atoms with van der Waals surface area (Å²) >= 11 is 2.90. The van der Waals surface area contributed by atoms with Gasteiger partial charge < -0.3 is 10.2 Å². The highest BCUT2D eigenvalue weighted by Crippen LogP contribution is 2.37. The van der Waals surface area contributed by atoms with Crippen molar-refractivity contribution in [2.24, 2.45) is 5.73 Å². The molecule has 0 unspecified atom stereocenters. The van der Waals surface area contributed by atoms with Gasteiger partial charge in [-0.1, -0.05) is 0 Å². The van der Waals surface area contributed by atoms with Crippen molar-refractivity contribution in [3.63, 3.8) is 0 Å². The van der Waals surface area contributed by atoms with Gasteiger partial charge >= 0.3 is 6.18 Å². The van der Waals surface area contributed by atoms with E-state index in [2.05, 4.69) is 15.9 Å². The zero-order valence-corrected chi connectivity index (χ0v) is 12.6. The summed E-state index contributed by atoms with van der Waals surface area (Å²) in [6.45, 7) is -1.55. The summed E-state index contributed by atoms with van der Waals surface area (Å²) < 4.78 is 67.7. The van der Waals surface area contributed by atoms with Crippen LogP contribution in [0.5, 0.6) is 0 Å². The number of nitrogens with zero attached hydrogens (tertiary/aromatic N) is 1. The van der Waals surface area contributed by atoms with Crippen LogP contribution < -0.4 is 5.73 Å². The van der Waals surface area contributed by atoms with Gasteiger partial charge in [-0.3, -0.25) is 0 Å². The van der Waals surface area contributed by atoms with Gasteiger partial charge in [0, 0.05) is 12.1 Å². The number of alkyl halides is 3. The summed E-state index contributed by atoms with van der Waals surface area (Å²) in [6, 6.07) is 0.537. The quantitative estimate of drug-likeness (QED) is 0.854. The van der Waals surface area contributed by atoms with Crippen molar-refractivity contribution in [2.45, 2.75) is 36.5 Å². The minimum absolute atomic E-state index is 0.0448. The Hall–Kier alpha value is -0.580. The third-order valence-electron chi connectivity index (χ3n) is 2.78. The van der Waals surface area contributed by atoms with Crippen molar-refractivity contribution in [2.75, 3.05) is 6.54 Å². The Morgan fingerprint density at radius 2 is 2.05 bits per heavy atom. The van der Waals surface area contributed by atoms with E-state index >= 15 is 0 Å². The number of hydrogen-bond acceptors (Lipinski definition) is 4. The van der Waals surface area contributed by atoms with E-state index in [-0.39, 0.29) is 21.9 Å². The SMILES string of the molecule is NCc1cc(S(=O)(=O)N(CC(F)(F)F)C2CC2)c(Br)o1. The Morgan fingerprint density at radius 1 is 1.45 bits per heavy atom. The fourth-order valence-electron chi connectivity index (χ4n) is 1.75. The molecule has 0 saturated heterocycles. The highest BCUT2D eigenvalue weighted by atomic mass is 79.9. The van der Waals surface area contributed by atoms with Crippen LogP contribution in [-0.2, 0) is 16.6 Å². The number of rotatable bonds is 5. The van der Waals surface area contributed by atoms with Crippen LogP contribution in [0.25, 0.3) is 0 Å². The van der Waals surface area contributed by atoms with Crippen molar-refractivity contribution in [1.82, 2.24) is 4.31 Å². The van der Waals surface area contributed by atoms with Gasteiger partial charge in [0.05, 0.1) is 6.54 Å².